The van der Waals surface area contributed by atoms with Gasteiger partial charge in [-0.2, -0.15) is 4.31 Å². The molecular weight excluding hydrogens is 350 g/mol. The van der Waals surface area contributed by atoms with E-state index in [1.54, 1.807) is 29.4 Å². The lowest BCUT2D eigenvalue weighted by Gasteiger charge is -2.29. The van der Waals surface area contributed by atoms with Crippen LogP contribution in [0, 0.1) is 12.3 Å². The first kappa shape index (κ1) is 20.9. The Morgan fingerprint density at radius 2 is 1.81 bits per heavy atom. The van der Waals surface area contributed by atoms with Gasteiger partial charge in [0.05, 0.1) is 10.3 Å². The third kappa shape index (κ3) is 4.10. The molecular formula is C19H31N3O3S. The lowest BCUT2D eigenvalue weighted by atomic mass is 9.81. The zero-order valence-corrected chi connectivity index (χ0v) is 16.9. The molecule has 1 aliphatic rings. The third-order valence-corrected chi connectivity index (χ3v) is 7.65. The summed E-state index contributed by atoms with van der Waals surface area (Å²) in [5, 5.41) is 2.88. The van der Waals surface area contributed by atoms with Crippen molar-refractivity contribution in [1.82, 2.24) is 4.31 Å². The van der Waals surface area contributed by atoms with E-state index in [4.69, 9.17) is 5.73 Å². The van der Waals surface area contributed by atoms with Crippen LogP contribution < -0.4 is 11.1 Å². The van der Waals surface area contributed by atoms with Gasteiger partial charge in [-0.05, 0) is 50.3 Å². The molecule has 0 atom stereocenters. The van der Waals surface area contributed by atoms with Gasteiger partial charge in [-0.1, -0.05) is 26.3 Å². The number of anilines is 1. The van der Waals surface area contributed by atoms with Gasteiger partial charge in [0.25, 0.3) is 0 Å². The summed E-state index contributed by atoms with van der Waals surface area (Å²) in [6.45, 7) is 7.04. The molecule has 1 heterocycles. The summed E-state index contributed by atoms with van der Waals surface area (Å²) < 4.78 is 27.6. The van der Waals surface area contributed by atoms with Crippen molar-refractivity contribution in [3.8, 4) is 0 Å². The molecule has 1 aromatic rings. The Morgan fingerprint density at radius 3 is 2.35 bits per heavy atom. The van der Waals surface area contributed by atoms with Gasteiger partial charge >= 0.3 is 0 Å². The van der Waals surface area contributed by atoms with Gasteiger partial charge in [-0.3, -0.25) is 4.79 Å². The highest BCUT2D eigenvalue weighted by Crippen LogP contribution is 2.29. The van der Waals surface area contributed by atoms with Crippen LogP contribution in [0.25, 0.3) is 0 Å². The number of hydrogen-bond donors (Lipinski definition) is 2. The minimum atomic E-state index is -3.55. The Labute approximate surface area is 157 Å². The Kier molecular flexibility index (Phi) is 6.82. The fourth-order valence-electron chi connectivity index (χ4n) is 3.42. The van der Waals surface area contributed by atoms with Crippen molar-refractivity contribution in [2.45, 2.75) is 57.8 Å². The zero-order valence-electron chi connectivity index (χ0n) is 16.0. The summed E-state index contributed by atoms with van der Waals surface area (Å²) in [6.07, 6.45) is 4.12. The fourth-order valence-corrected chi connectivity index (χ4v) is 5.18. The second-order valence-corrected chi connectivity index (χ2v) is 9.00. The Morgan fingerprint density at radius 1 is 1.19 bits per heavy atom. The first-order valence-corrected chi connectivity index (χ1v) is 10.9. The van der Waals surface area contributed by atoms with Gasteiger partial charge < -0.3 is 11.1 Å². The molecule has 2 rings (SSSR count). The second kappa shape index (κ2) is 8.50. The molecule has 0 aromatic heterocycles. The standard InChI is InChI=1S/C19H31N3O3S/c1-4-19(5-2,14-20)18(23)21-16-10-9-15(3)17(13-16)26(24,25)22-11-7-6-8-12-22/h9-10,13H,4-8,11-12,14,20H2,1-3H3,(H,21,23). The molecule has 0 unspecified atom stereocenters. The predicted octanol–water partition coefficient (Wildman–Crippen LogP) is 2.87. The van der Waals surface area contributed by atoms with E-state index in [9.17, 15) is 13.2 Å². The van der Waals surface area contributed by atoms with Crippen molar-refractivity contribution < 1.29 is 13.2 Å². The largest absolute Gasteiger partial charge is 0.329 e. The van der Waals surface area contributed by atoms with E-state index in [1.165, 1.54) is 0 Å². The third-order valence-electron chi connectivity index (χ3n) is 5.60. The zero-order chi connectivity index (χ0) is 19.4. The van der Waals surface area contributed by atoms with Crippen molar-refractivity contribution >= 4 is 21.6 Å². The van der Waals surface area contributed by atoms with Gasteiger partial charge in [0.2, 0.25) is 15.9 Å². The smallest absolute Gasteiger partial charge is 0.243 e. The molecule has 146 valence electrons. The van der Waals surface area contributed by atoms with Crippen LogP contribution in [0.2, 0.25) is 0 Å². The molecule has 1 amide bonds. The average molecular weight is 382 g/mol. The normalized spacial score (nSPS) is 16.5. The molecule has 1 aliphatic heterocycles. The lowest BCUT2D eigenvalue weighted by molar-refractivity contribution is -0.125. The molecule has 0 radical (unpaired) electrons. The highest BCUT2D eigenvalue weighted by Gasteiger charge is 2.34. The average Bonchev–Trinajstić information content (AvgIpc) is 2.66. The first-order valence-electron chi connectivity index (χ1n) is 9.43. The highest BCUT2D eigenvalue weighted by atomic mass is 32.2. The first-order chi connectivity index (χ1) is 12.3. The number of sulfonamides is 1. The molecule has 1 fully saturated rings. The van der Waals surface area contributed by atoms with E-state index in [0.717, 1.165) is 19.3 Å². The molecule has 1 aromatic carbocycles. The second-order valence-electron chi connectivity index (χ2n) is 7.09. The molecule has 0 bridgehead atoms. The molecule has 7 heteroatoms. The molecule has 1 saturated heterocycles. The number of hydrogen-bond acceptors (Lipinski definition) is 4. The Hall–Kier alpha value is -1.44. The summed E-state index contributed by atoms with van der Waals surface area (Å²) in [6, 6.07) is 5.06. The molecule has 0 aliphatic carbocycles. The molecule has 3 N–H and O–H groups in total. The van der Waals surface area contributed by atoms with E-state index in [1.807, 2.05) is 13.8 Å². The number of nitrogens with two attached hydrogens (primary N) is 1. The van der Waals surface area contributed by atoms with Gasteiger partial charge in [0.15, 0.2) is 0 Å². The van der Waals surface area contributed by atoms with E-state index < -0.39 is 15.4 Å². The maximum atomic E-state index is 13.0. The van der Waals surface area contributed by atoms with Gasteiger partial charge in [-0.25, -0.2) is 8.42 Å². The number of nitrogens with zero attached hydrogens (tertiary/aromatic N) is 1. The minimum Gasteiger partial charge on any atom is -0.329 e. The summed E-state index contributed by atoms with van der Waals surface area (Å²) >= 11 is 0. The number of carbonyl (C=O) groups excluding carboxylic acids is 1. The van der Waals surface area contributed by atoms with Gasteiger partial charge in [-0.15, -0.1) is 0 Å². The predicted molar refractivity (Wildman–Crippen MR) is 104 cm³/mol. The van der Waals surface area contributed by atoms with Crippen LogP contribution in [0.1, 0.15) is 51.5 Å². The van der Waals surface area contributed by atoms with Crippen LogP contribution in [0.3, 0.4) is 0 Å². The van der Waals surface area contributed by atoms with Crippen molar-refractivity contribution in [1.29, 1.82) is 0 Å². The number of aryl methyl sites for hydroxylation is 1. The molecule has 0 spiro atoms. The summed E-state index contributed by atoms with van der Waals surface area (Å²) in [5.74, 6) is -0.157. The highest BCUT2D eigenvalue weighted by molar-refractivity contribution is 7.89. The number of benzene rings is 1. The molecule has 0 saturated carbocycles. The Balaban J connectivity index is 2.31. The quantitative estimate of drug-likeness (QED) is 0.759. The summed E-state index contributed by atoms with van der Waals surface area (Å²) in [5.41, 5.74) is 6.39. The summed E-state index contributed by atoms with van der Waals surface area (Å²) in [7, 11) is -3.55. The maximum Gasteiger partial charge on any atom is 0.243 e. The van der Waals surface area contributed by atoms with Crippen LogP contribution in [0.15, 0.2) is 23.1 Å². The van der Waals surface area contributed by atoms with Crippen LogP contribution in [-0.4, -0.2) is 38.3 Å². The van der Waals surface area contributed by atoms with Crippen LogP contribution in [0.4, 0.5) is 5.69 Å². The van der Waals surface area contributed by atoms with E-state index in [0.29, 0.717) is 37.2 Å². The van der Waals surface area contributed by atoms with E-state index in [2.05, 4.69) is 5.32 Å². The number of carbonyl (C=O) groups is 1. The Bertz CT molecular complexity index is 728. The molecule has 26 heavy (non-hydrogen) atoms. The topological polar surface area (TPSA) is 92.5 Å². The van der Waals surface area contributed by atoms with Gasteiger partial charge in [0, 0.05) is 25.3 Å². The lowest BCUT2D eigenvalue weighted by Crippen LogP contribution is -2.41. The number of amides is 1. The van der Waals surface area contributed by atoms with Crippen LogP contribution >= 0.6 is 0 Å². The van der Waals surface area contributed by atoms with Crippen LogP contribution in [-0.2, 0) is 14.8 Å². The van der Waals surface area contributed by atoms with Crippen molar-refractivity contribution in [2.75, 3.05) is 25.0 Å². The van der Waals surface area contributed by atoms with E-state index in [-0.39, 0.29) is 17.3 Å². The number of nitrogens with one attached hydrogen (secondary N) is 1. The number of rotatable bonds is 7. The van der Waals surface area contributed by atoms with Crippen molar-refractivity contribution in [3.05, 3.63) is 23.8 Å². The van der Waals surface area contributed by atoms with Crippen molar-refractivity contribution in [3.63, 3.8) is 0 Å². The van der Waals surface area contributed by atoms with E-state index >= 15 is 0 Å². The summed E-state index contributed by atoms with van der Waals surface area (Å²) in [4.78, 5) is 13.0. The fraction of sp³-hybridized carbons (Fsp3) is 0.632. The van der Waals surface area contributed by atoms with Crippen molar-refractivity contribution in [2.24, 2.45) is 11.1 Å². The monoisotopic (exact) mass is 381 g/mol. The van der Waals surface area contributed by atoms with Gasteiger partial charge in [0.1, 0.15) is 0 Å². The van der Waals surface area contributed by atoms with Crippen LogP contribution in [0.5, 0.6) is 0 Å². The minimum absolute atomic E-state index is 0.157. The maximum absolute atomic E-state index is 13.0. The SMILES string of the molecule is CCC(CC)(CN)C(=O)Nc1ccc(C)c(S(=O)(=O)N2CCCCC2)c1. The molecule has 6 nitrogen and oxygen atoms in total. The number of piperidine rings is 1.